The van der Waals surface area contributed by atoms with Crippen LogP contribution in [0.1, 0.15) is 10.4 Å². The molecule has 0 aromatic heterocycles. The fraction of sp³-hybridized carbons (Fsp3) is 0.0714. The number of amides is 1. The van der Waals surface area contributed by atoms with Crippen LogP contribution in [0.15, 0.2) is 41.3 Å². The zero-order chi connectivity index (χ0) is 15.6. The van der Waals surface area contributed by atoms with Gasteiger partial charge in [-0.05, 0) is 30.3 Å². The minimum atomic E-state index is -1.37. The van der Waals surface area contributed by atoms with Crippen LogP contribution in [-0.2, 0) is 10.8 Å². The Hall–Kier alpha value is -1.43. The molecule has 1 atom stereocenters. The van der Waals surface area contributed by atoms with Gasteiger partial charge in [-0.3, -0.25) is 9.00 Å². The number of carbonyl (C=O) groups is 1. The largest absolute Gasteiger partial charge is 0.321 e. The van der Waals surface area contributed by atoms with Gasteiger partial charge < -0.3 is 5.32 Å². The first-order chi connectivity index (χ1) is 9.90. The molecule has 0 aliphatic heterocycles. The Morgan fingerprint density at radius 3 is 2.52 bits per heavy atom. The van der Waals surface area contributed by atoms with E-state index in [0.717, 1.165) is 12.1 Å². The minimum Gasteiger partial charge on any atom is -0.321 e. The Morgan fingerprint density at radius 2 is 1.90 bits per heavy atom. The SMILES string of the molecule is C[S@](=O)c1c(Cl)cccc1NC(=O)c1ccc(F)cc1Cl. The third-order valence-corrected chi connectivity index (χ3v) is 4.43. The molecule has 2 rings (SSSR count). The topological polar surface area (TPSA) is 46.2 Å². The highest BCUT2D eigenvalue weighted by atomic mass is 35.5. The molecule has 0 fully saturated rings. The van der Waals surface area contributed by atoms with Crippen LogP contribution in [0.25, 0.3) is 0 Å². The van der Waals surface area contributed by atoms with E-state index in [2.05, 4.69) is 5.32 Å². The van der Waals surface area contributed by atoms with Crippen molar-refractivity contribution in [1.29, 1.82) is 0 Å². The van der Waals surface area contributed by atoms with Gasteiger partial charge in [0.05, 0.1) is 37.0 Å². The van der Waals surface area contributed by atoms with E-state index in [4.69, 9.17) is 23.2 Å². The highest BCUT2D eigenvalue weighted by molar-refractivity contribution is 7.84. The van der Waals surface area contributed by atoms with E-state index in [0.29, 0.717) is 15.6 Å². The van der Waals surface area contributed by atoms with E-state index in [1.165, 1.54) is 12.3 Å². The van der Waals surface area contributed by atoms with Crippen molar-refractivity contribution in [2.75, 3.05) is 11.6 Å². The average molecular weight is 346 g/mol. The van der Waals surface area contributed by atoms with Crippen LogP contribution >= 0.6 is 23.2 Å². The highest BCUT2D eigenvalue weighted by Crippen LogP contribution is 2.28. The molecule has 0 saturated heterocycles. The Bertz CT molecular complexity index is 737. The molecule has 110 valence electrons. The first-order valence-corrected chi connectivity index (χ1v) is 8.10. The lowest BCUT2D eigenvalue weighted by molar-refractivity contribution is 0.102. The zero-order valence-corrected chi connectivity index (χ0v) is 13.2. The normalized spacial score (nSPS) is 12.0. The first-order valence-electron chi connectivity index (χ1n) is 5.78. The summed E-state index contributed by atoms with van der Waals surface area (Å²) >= 11 is 11.8. The number of benzene rings is 2. The molecule has 7 heteroatoms. The first kappa shape index (κ1) is 15.9. The molecular weight excluding hydrogens is 336 g/mol. The van der Waals surface area contributed by atoms with Gasteiger partial charge in [0.25, 0.3) is 5.91 Å². The van der Waals surface area contributed by atoms with Crippen LogP contribution in [0.5, 0.6) is 0 Å². The summed E-state index contributed by atoms with van der Waals surface area (Å²) in [6, 6.07) is 8.25. The lowest BCUT2D eigenvalue weighted by atomic mass is 10.2. The lowest BCUT2D eigenvalue weighted by Gasteiger charge is -2.11. The highest BCUT2D eigenvalue weighted by Gasteiger charge is 2.16. The number of anilines is 1. The molecule has 0 heterocycles. The molecule has 0 aliphatic carbocycles. The van der Waals surface area contributed by atoms with Crippen molar-refractivity contribution < 1.29 is 13.4 Å². The second kappa shape index (κ2) is 6.56. The Morgan fingerprint density at radius 1 is 1.19 bits per heavy atom. The van der Waals surface area contributed by atoms with E-state index in [-0.39, 0.29) is 10.6 Å². The molecule has 1 amide bonds. The molecule has 0 aliphatic rings. The number of halogens is 3. The van der Waals surface area contributed by atoms with Crippen LogP contribution in [0.3, 0.4) is 0 Å². The van der Waals surface area contributed by atoms with Gasteiger partial charge in [0.1, 0.15) is 5.82 Å². The van der Waals surface area contributed by atoms with Gasteiger partial charge in [0.15, 0.2) is 0 Å². The summed E-state index contributed by atoms with van der Waals surface area (Å²) in [6.45, 7) is 0. The lowest BCUT2D eigenvalue weighted by Crippen LogP contribution is -2.14. The molecule has 0 bridgehead atoms. The monoisotopic (exact) mass is 345 g/mol. The summed E-state index contributed by atoms with van der Waals surface area (Å²) in [5.74, 6) is -1.07. The van der Waals surface area contributed by atoms with Crippen molar-refractivity contribution in [2.24, 2.45) is 0 Å². The Labute approximate surface area is 133 Å². The van der Waals surface area contributed by atoms with Crippen LogP contribution < -0.4 is 5.32 Å². The number of hydrogen-bond donors (Lipinski definition) is 1. The van der Waals surface area contributed by atoms with Crippen LogP contribution in [0.4, 0.5) is 10.1 Å². The maximum absolute atomic E-state index is 13.0. The molecule has 0 saturated carbocycles. The second-order valence-electron chi connectivity index (χ2n) is 4.15. The quantitative estimate of drug-likeness (QED) is 0.909. The van der Waals surface area contributed by atoms with E-state index < -0.39 is 22.5 Å². The van der Waals surface area contributed by atoms with E-state index in [9.17, 15) is 13.4 Å². The molecular formula is C14H10Cl2FNO2S. The molecule has 3 nitrogen and oxygen atoms in total. The average Bonchev–Trinajstić information content (AvgIpc) is 2.37. The van der Waals surface area contributed by atoms with Gasteiger partial charge in [-0.25, -0.2) is 4.39 Å². The fourth-order valence-corrected chi connectivity index (χ4v) is 3.29. The van der Waals surface area contributed by atoms with E-state index >= 15 is 0 Å². The van der Waals surface area contributed by atoms with Gasteiger partial charge in [0, 0.05) is 6.26 Å². The maximum Gasteiger partial charge on any atom is 0.257 e. The molecule has 1 N–H and O–H groups in total. The van der Waals surface area contributed by atoms with Crippen LogP contribution in [0.2, 0.25) is 10.0 Å². The number of carbonyl (C=O) groups excluding carboxylic acids is 1. The van der Waals surface area contributed by atoms with Crippen molar-refractivity contribution >= 4 is 45.6 Å². The molecule has 0 unspecified atom stereocenters. The summed E-state index contributed by atoms with van der Waals surface area (Å²) < 4.78 is 24.7. The molecule has 0 spiro atoms. The van der Waals surface area contributed by atoms with Crippen LogP contribution in [-0.4, -0.2) is 16.4 Å². The van der Waals surface area contributed by atoms with Gasteiger partial charge in [-0.2, -0.15) is 0 Å². The van der Waals surface area contributed by atoms with Crippen molar-refractivity contribution in [2.45, 2.75) is 4.90 Å². The summed E-state index contributed by atoms with van der Waals surface area (Å²) in [4.78, 5) is 12.5. The second-order valence-corrected chi connectivity index (χ2v) is 6.28. The van der Waals surface area contributed by atoms with Gasteiger partial charge in [-0.15, -0.1) is 0 Å². The standard InChI is InChI=1S/C14H10Cl2FNO2S/c1-21(20)13-10(15)3-2-4-12(13)18-14(19)9-6-5-8(17)7-11(9)16/h2-7H,1H3,(H,18,19)/t21-/m0/s1. The van der Waals surface area contributed by atoms with Crippen molar-refractivity contribution in [1.82, 2.24) is 0 Å². The van der Waals surface area contributed by atoms with E-state index in [1.807, 2.05) is 0 Å². The predicted octanol–water partition coefficient (Wildman–Crippen LogP) is 4.12. The summed E-state index contributed by atoms with van der Waals surface area (Å²) in [7, 11) is -1.37. The minimum absolute atomic E-state index is 0.00583. The number of hydrogen-bond acceptors (Lipinski definition) is 2. The molecule has 2 aromatic carbocycles. The van der Waals surface area contributed by atoms with Crippen LogP contribution in [0, 0.1) is 5.82 Å². The summed E-state index contributed by atoms with van der Waals surface area (Å²) in [5.41, 5.74) is 0.444. The van der Waals surface area contributed by atoms with Crippen molar-refractivity contribution in [3.63, 3.8) is 0 Å². The predicted molar refractivity (Wildman–Crippen MR) is 83.1 cm³/mol. The van der Waals surface area contributed by atoms with E-state index in [1.54, 1.807) is 18.2 Å². The summed E-state index contributed by atoms with van der Waals surface area (Å²) in [5, 5.41) is 2.87. The third kappa shape index (κ3) is 3.61. The van der Waals surface area contributed by atoms with Gasteiger partial charge in [-0.1, -0.05) is 29.3 Å². The number of rotatable bonds is 3. The Balaban J connectivity index is 2.36. The third-order valence-electron chi connectivity index (χ3n) is 2.68. The number of nitrogens with one attached hydrogen (secondary N) is 1. The van der Waals surface area contributed by atoms with Crippen molar-refractivity contribution in [3.05, 3.63) is 57.8 Å². The van der Waals surface area contributed by atoms with Crippen molar-refractivity contribution in [3.8, 4) is 0 Å². The maximum atomic E-state index is 13.0. The fourth-order valence-electron chi connectivity index (χ4n) is 1.76. The molecule has 0 radical (unpaired) electrons. The molecule has 21 heavy (non-hydrogen) atoms. The van der Waals surface area contributed by atoms with Gasteiger partial charge >= 0.3 is 0 Å². The molecule has 2 aromatic rings. The Kier molecular flexibility index (Phi) is 4.98. The smallest absolute Gasteiger partial charge is 0.257 e. The zero-order valence-electron chi connectivity index (χ0n) is 10.8. The summed E-state index contributed by atoms with van der Waals surface area (Å²) in [6.07, 6.45) is 1.46. The van der Waals surface area contributed by atoms with Gasteiger partial charge in [0.2, 0.25) is 0 Å².